The van der Waals surface area contributed by atoms with Crippen molar-refractivity contribution in [2.24, 2.45) is 5.92 Å². The van der Waals surface area contributed by atoms with Crippen molar-refractivity contribution in [3.05, 3.63) is 60.2 Å². The molecule has 32 heavy (non-hydrogen) atoms. The maximum atomic E-state index is 11.9. The third-order valence-electron chi connectivity index (χ3n) is 4.21. The monoisotopic (exact) mass is 440 g/mol. The Bertz CT molecular complexity index is 945. The summed E-state index contributed by atoms with van der Waals surface area (Å²) in [6.07, 6.45) is 2.94. The van der Waals surface area contributed by atoms with Gasteiger partial charge in [-0.05, 0) is 48.0 Å². The second-order valence-corrected chi connectivity index (χ2v) is 6.70. The average Bonchev–Trinajstić information content (AvgIpc) is 2.81. The van der Waals surface area contributed by atoms with Crippen LogP contribution in [0, 0.1) is 5.92 Å². The molecule has 0 N–H and O–H groups in total. The topological polar surface area (TPSA) is 105 Å². The third-order valence-corrected chi connectivity index (χ3v) is 4.21. The van der Waals surface area contributed by atoms with E-state index in [1.165, 1.54) is 13.0 Å². The van der Waals surface area contributed by atoms with E-state index in [0.29, 0.717) is 17.2 Å². The number of rotatable bonds is 12. The lowest BCUT2D eigenvalue weighted by atomic mass is 10.1. The number of esters is 2. The second-order valence-electron chi connectivity index (χ2n) is 6.70. The van der Waals surface area contributed by atoms with Gasteiger partial charge in [-0.2, -0.15) is 0 Å². The van der Waals surface area contributed by atoms with Crippen molar-refractivity contribution in [1.82, 2.24) is 0 Å². The van der Waals surface area contributed by atoms with E-state index in [1.54, 1.807) is 61.7 Å². The standard InChI is InChI=1S/C24H24O8/c1-17(15-19(26)16-25)24(28)31-14-13-30-21-6-3-18(4-7-21)5-12-23(27)32-22-10-8-20(29-2)9-11-22/h3-12,16-17H,13-15H2,1-2H3. The Hall–Kier alpha value is -3.94. The van der Waals surface area contributed by atoms with Gasteiger partial charge >= 0.3 is 11.9 Å². The molecule has 2 aromatic rings. The molecule has 0 aromatic heterocycles. The summed E-state index contributed by atoms with van der Waals surface area (Å²) in [6, 6.07) is 13.6. The first-order chi connectivity index (χ1) is 15.4. The lowest BCUT2D eigenvalue weighted by molar-refractivity contribution is -0.150. The molecule has 0 radical (unpaired) electrons. The number of ether oxygens (including phenoxy) is 4. The molecule has 0 saturated heterocycles. The van der Waals surface area contributed by atoms with Crippen LogP contribution in [0.4, 0.5) is 0 Å². The summed E-state index contributed by atoms with van der Waals surface area (Å²) in [5.41, 5.74) is 0.768. The lowest BCUT2D eigenvalue weighted by Gasteiger charge is -2.10. The fourth-order valence-electron chi connectivity index (χ4n) is 2.51. The van der Waals surface area contributed by atoms with Crippen LogP contribution in [0.2, 0.25) is 0 Å². The average molecular weight is 440 g/mol. The van der Waals surface area contributed by atoms with Gasteiger partial charge in [-0.25, -0.2) is 4.79 Å². The Labute approximate surface area is 185 Å². The van der Waals surface area contributed by atoms with Gasteiger partial charge in [-0.15, -0.1) is 0 Å². The molecule has 0 bridgehead atoms. The maximum Gasteiger partial charge on any atom is 0.336 e. The van der Waals surface area contributed by atoms with Gasteiger partial charge in [0, 0.05) is 12.5 Å². The molecule has 0 spiro atoms. The molecular weight excluding hydrogens is 416 g/mol. The van der Waals surface area contributed by atoms with Crippen LogP contribution in [0.1, 0.15) is 18.9 Å². The number of carbonyl (C=O) groups excluding carboxylic acids is 4. The molecule has 1 atom stereocenters. The molecular formula is C24H24O8. The first kappa shape index (κ1) is 24.3. The summed E-state index contributed by atoms with van der Waals surface area (Å²) in [7, 11) is 1.55. The second kappa shape index (κ2) is 12.7. The predicted molar refractivity (Wildman–Crippen MR) is 115 cm³/mol. The van der Waals surface area contributed by atoms with Crippen molar-refractivity contribution in [2.45, 2.75) is 13.3 Å². The summed E-state index contributed by atoms with van der Waals surface area (Å²) in [5, 5.41) is 0. The summed E-state index contributed by atoms with van der Waals surface area (Å²) >= 11 is 0. The Morgan fingerprint density at radius 1 is 0.906 bits per heavy atom. The van der Waals surface area contributed by atoms with Crippen LogP contribution in [0.5, 0.6) is 17.2 Å². The lowest BCUT2D eigenvalue weighted by Crippen LogP contribution is -2.21. The molecule has 0 aliphatic heterocycles. The molecule has 2 rings (SSSR count). The quantitative estimate of drug-likeness (QED) is 0.124. The zero-order valence-electron chi connectivity index (χ0n) is 17.8. The molecule has 0 heterocycles. The van der Waals surface area contributed by atoms with E-state index in [9.17, 15) is 19.2 Å². The minimum atomic E-state index is -0.685. The highest BCUT2D eigenvalue weighted by atomic mass is 16.6. The minimum Gasteiger partial charge on any atom is -0.497 e. The Morgan fingerprint density at radius 3 is 2.16 bits per heavy atom. The predicted octanol–water partition coefficient (Wildman–Crippen LogP) is 3.03. The molecule has 0 aliphatic carbocycles. The first-order valence-corrected chi connectivity index (χ1v) is 9.82. The third kappa shape index (κ3) is 8.43. The number of hydrogen-bond acceptors (Lipinski definition) is 8. The highest BCUT2D eigenvalue weighted by molar-refractivity contribution is 6.25. The van der Waals surface area contributed by atoms with Gasteiger partial charge in [0.05, 0.1) is 13.0 Å². The number of Topliss-reactive ketones (excluding diaryl/α,β-unsaturated/α-hetero) is 1. The zero-order chi connectivity index (χ0) is 23.3. The van der Waals surface area contributed by atoms with E-state index in [2.05, 4.69) is 0 Å². The van der Waals surface area contributed by atoms with Crippen LogP contribution in [-0.4, -0.2) is 44.3 Å². The smallest absolute Gasteiger partial charge is 0.336 e. The van der Waals surface area contributed by atoms with Crippen molar-refractivity contribution in [3.63, 3.8) is 0 Å². The number of carbonyl (C=O) groups is 4. The molecule has 8 nitrogen and oxygen atoms in total. The van der Waals surface area contributed by atoms with Gasteiger partial charge in [-0.1, -0.05) is 19.1 Å². The van der Waals surface area contributed by atoms with E-state index in [0.717, 1.165) is 5.56 Å². The van der Waals surface area contributed by atoms with Crippen LogP contribution in [0.25, 0.3) is 6.08 Å². The van der Waals surface area contributed by atoms with Gasteiger partial charge in [0.25, 0.3) is 0 Å². The van der Waals surface area contributed by atoms with E-state index in [1.807, 2.05) is 0 Å². The Balaban J connectivity index is 1.73. The van der Waals surface area contributed by atoms with Gasteiger partial charge in [-0.3, -0.25) is 14.4 Å². The molecule has 1 unspecified atom stereocenters. The van der Waals surface area contributed by atoms with E-state index in [4.69, 9.17) is 18.9 Å². The molecule has 0 amide bonds. The van der Waals surface area contributed by atoms with E-state index >= 15 is 0 Å². The van der Waals surface area contributed by atoms with Crippen LogP contribution in [-0.2, 0) is 23.9 Å². The van der Waals surface area contributed by atoms with Crippen LogP contribution >= 0.6 is 0 Å². The summed E-state index contributed by atoms with van der Waals surface area (Å²) < 4.78 is 20.8. The van der Waals surface area contributed by atoms with E-state index in [-0.39, 0.29) is 25.9 Å². The molecule has 0 fully saturated rings. The number of ketones is 1. The normalized spacial score (nSPS) is 11.4. The first-order valence-electron chi connectivity index (χ1n) is 9.82. The molecule has 2 aromatic carbocycles. The minimum absolute atomic E-state index is 0.0112. The highest BCUT2D eigenvalue weighted by Crippen LogP contribution is 2.18. The number of benzene rings is 2. The van der Waals surface area contributed by atoms with E-state index < -0.39 is 23.6 Å². The summed E-state index contributed by atoms with van der Waals surface area (Å²) in [5.74, 6) is -0.768. The van der Waals surface area contributed by atoms with Gasteiger partial charge in [0.1, 0.15) is 30.5 Å². The molecule has 8 heteroatoms. The number of aldehydes is 1. The maximum absolute atomic E-state index is 11.9. The van der Waals surface area contributed by atoms with Gasteiger partial charge < -0.3 is 18.9 Å². The number of hydrogen-bond donors (Lipinski definition) is 0. The SMILES string of the molecule is COc1ccc(OC(=O)C=Cc2ccc(OCCOC(=O)C(C)CC(=O)C=O)cc2)cc1. The van der Waals surface area contributed by atoms with Crippen molar-refractivity contribution in [1.29, 1.82) is 0 Å². The number of methoxy groups -OCH3 is 1. The van der Waals surface area contributed by atoms with Crippen LogP contribution < -0.4 is 14.2 Å². The van der Waals surface area contributed by atoms with Gasteiger partial charge in [0.2, 0.25) is 0 Å². The molecule has 0 saturated carbocycles. The largest absolute Gasteiger partial charge is 0.497 e. The van der Waals surface area contributed by atoms with Crippen molar-refractivity contribution < 1.29 is 38.1 Å². The van der Waals surface area contributed by atoms with Crippen LogP contribution in [0.15, 0.2) is 54.6 Å². The Morgan fingerprint density at radius 2 is 1.53 bits per heavy atom. The fraction of sp³-hybridized carbons (Fsp3) is 0.250. The Kier molecular flexibility index (Phi) is 9.65. The summed E-state index contributed by atoms with van der Waals surface area (Å²) in [6.45, 7) is 1.66. The van der Waals surface area contributed by atoms with Crippen LogP contribution in [0.3, 0.4) is 0 Å². The molecule has 168 valence electrons. The van der Waals surface area contributed by atoms with Gasteiger partial charge in [0.15, 0.2) is 12.1 Å². The molecule has 0 aliphatic rings. The fourth-order valence-corrected chi connectivity index (χ4v) is 2.51. The van der Waals surface area contributed by atoms with Crippen molar-refractivity contribution in [2.75, 3.05) is 20.3 Å². The summed E-state index contributed by atoms with van der Waals surface area (Å²) in [4.78, 5) is 45.0. The van der Waals surface area contributed by atoms with Crippen molar-refractivity contribution in [3.8, 4) is 17.2 Å². The zero-order valence-corrected chi connectivity index (χ0v) is 17.8. The highest BCUT2D eigenvalue weighted by Gasteiger charge is 2.17. The van der Waals surface area contributed by atoms with Crippen molar-refractivity contribution >= 4 is 30.1 Å².